The molecule has 1 amide bonds. The van der Waals surface area contributed by atoms with Gasteiger partial charge in [-0.3, -0.25) is 4.79 Å². The predicted molar refractivity (Wildman–Crippen MR) is 83.4 cm³/mol. The quantitative estimate of drug-likeness (QED) is 0.742. The molecular formula is C14H18ClNO3S2. The number of hydrogen-bond acceptors (Lipinski definition) is 4. The molecule has 1 heterocycles. The Kier molecular flexibility index (Phi) is 4.05. The lowest BCUT2D eigenvalue weighted by Crippen LogP contribution is -2.34. The van der Waals surface area contributed by atoms with Crippen LogP contribution < -0.4 is 0 Å². The van der Waals surface area contributed by atoms with Crippen LogP contribution in [0.2, 0.25) is 0 Å². The van der Waals surface area contributed by atoms with Crippen molar-refractivity contribution in [3.05, 3.63) is 15.8 Å². The maximum absolute atomic E-state index is 12.7. The first-order valence-electron chi connectivity index (χ1n) is 7.19. The first kappa shape index (κ1) is 15.3. The van der Waals surface area contributed by atoms with Crippen molar-refractivity contribution in [2.24, 2.45) is 11.8 Å². The second kappa shape index (κ2) is 5.56. The van der Waals surface area contributed by atoms with Gasteiger partial charge in [0.1, 0.15) is 0 Å². The minimum Gasteiger partial charge on any atom is -0.337 e. The minimum absolute atomic E-state index is 0.0477. The Balaban J connectivity index is 1.81. The number of nitrogens with zero attached hydrogens (tertiary/aromatic N) is 1. The van der Waals surface area contributed by atoms with Crippen LogP contribution in [0.15, 0.2) is 11.0 Å². The maximum Gasteiger partial charge on any atom is 0.263 e. The highest BCUT2D eigenvalue weighted by molar-refractivity contribution is 8.13. The Hall–Kier alpha value is -0.590. The van der Waals surface area contributed by atoms with E-state index in [0.29, 0.717) is 21.6 Å². The Morgan fingerprint density at radius 3 is 2.19 bits per heavy atom. The zero-order valence-electron chi connectivity index (χ0n) is 11.8. The number of carbonyl (C=O) groups is 1. The molecule has 21 heavy (non-hydrogen) atoms. The van der Waals surface area contributed by atoms with Gasteiger partial charge in [0.15, 0.2) is 0 Å². The van der Waals surface area contributed by atoms with Crippen molar-refractivity contribution in [2.45, 2.75) is 37.5 Å². The van der Waals surface area contributed by atoms with Gasteiger partial charge in [0.2, 0.25) is 0 Å². The molecule has 1 aromatic heterocycles. The zero-order valence-corrected chi connectivity index (χ0v) is 14.2. The van der Waals surface area contributed by atoms with Crippen LogP contribution in [-0.2, 0) is 9.05 Å². The fourth-order valence-electron chi connectivity index (χ4n) is 2.43. The number of halogens is 1. The van der Waals surface area contributed by atoms with Crippen LogP contribution in [0.1, 0.15) is 40.2 Å². The standard InChI is InChI=1S/C14H18ClNO3S2/c1-9-13(21(15,18)19)6-12(20-9)14(17)16(7-10-2-3-10)8-11-4-5-11/h6,10-11H,2-5,7-8H2,1H3. The fraction of sp³-hybridized carbons (Fsp3) is 0.643. The largest absolute Gasteiger partial charge is 0.337 e. The van der Waals surface area contributed by atoms with Crippen molar-refractivity contribution < 1.29 is 13.2 Å². The average Bonchev–Trinajstić information content (AvgIpc) is 3.29. The molecule has 0 aliphatic heterocycles. The van der Waals surface area contributed by atoms with Gasteiger partial charge in [0.05, 0.1) is 9.77 Å². The SMILES string of the molecule is Cc1sc(C(=O)N(CC2CC2)CC2CC2)cc1S(=O)(=O)Cl. The van der Waals surface area contributed by atoms with E-state index in [-0.39, 0.29) is 10.8 Å². The summed E-state index contributed by atoms with van der Waals surface area (Å²) in [5, 5.41) is 0. The van der Waals surface area contributed by atoms with Crippen LogP contribution in [0, 0.1) is 18.8 Å². The van der Waals surface area contributed by atoms with Crippen LogP contribution in [0.4, 0.5) is 0 Å². The normalized spacial score (nSPS) is 18.8. The van der Waals surface area contributed by atoms with Gasteiger partial charge < -0.3 is 4.90 Å². The highest BCUT2D eigenvalue weighted by Gasteiger charge is 2.33. The van der Waals surface area contributed by atoms with Crippen molar-refractivity contribution in [3.8, 4) is 0 Å². The van der Waals surface area contributed by atoms with Crippen LogP contribution in [0.3, 0.4) is 0 Å². The number of thiophene rings is 1. The van der Waals surface area contributed by atoms with Crippen molar-refractivity contribution in [1.29, 1.82) is 0 Å². The summed E-state index contributed by atoms with van der Waals surface area (Å²) in [6.45, 7) is 3.29. The molecular weight excluding hydrogens is 330 g/mol. The summed E-state index contributed by atoms with van der Waals surface area (Å²) in [5.74, 6) is 1.21. The second-order valence-electron chi connectivity index (χ2n) is 6.07. The lowest BCUT2D eigenvalue weighted by atomic mass is 10.3. The number of hydrogen-bond donors (Lipinski definition) is 0. The lowest BCUT2D eigenvalue weighted by Gasteiger charge is -2.21. The molecule has 2 aliphatic carbocycles. The smallest absolute Gasteiger partial charge is 0.263 e. The molecule has 3 rings (SSSR count). The molecule has 2 fully saturated rings. The average molecular weight is 348 g/mol. The molecule has 2 saturated carbocycles. The Labute approximate surface area is 133 Å². The topological polar surface area (TPSA) is 54.5 Å². The van der Waals surface area contributed by atoms with E-state index < -0.39 is 9.05 Å². The van der Waals surface area contributed by atoms with E-state index in [9.17, 15) is 13.2 Å². The minimum atomic E-state index is -3.78. The van der Waals surface area contributed by atoms with Gasteiger partial charge in [-0.2, -0.15) is 0 Å². The van der Waals surface area contributed by atoms with Crippen LogP contribution in [0.25, 0.3) is 0 Å². The summed E-state index contributed by atoms with van der Waals surface area (Å²) in [5.41, 5.74) is 0. The molecule has 0 N–H and O–H groups in total. The van der Waals surface area contributed by atoms with Crippen molar-refractivity contribution in [3.63, 3.8) is 0 Å². The first-order chi connectivity index (χ1) is 9.84. The van der Waals surface area contributed by atoms with E-state index in [1.54, 1.807) is 6.92 Å². The van der Waals surface area contributed by atoms with Gasteiger partial charge in [-0.1, -0.05) is 0 Å². The molecule has 0 radical (unpaired) electrons. The van der Waals surface area contributed by atoms with Crippen LogP contribution in [0.5, 0.6) is 0 Å². The Morgan fingerprint density at radius 2 is 1.81 bits per heavy atom. The van der Waals surface area contributed by atoms with Gasteiger partial charge in [0.25, 0.3) is 15.0 Å². The van der Waals surface area contributed by atoms with Crippen molar-refractivity contribution in [1.82, 2.24) is 4.90 Å². The van der Waals surface area contributed by atoms with E-state index >= 15 is 0 Å². The van der Waals surface area contributed by atoms with Gasteiger partial charge in [-0.25, -0.2) is 8.42 Å². The third-order valence-corrected chi connectivity index (χ3v) is 6.60. The van der Waals surface area contributed by atoms with Crippen LogP contribution >= 0.6 is 22.0 Å². The first-order valence-corrected chi connectivity index (χ1v) is 10.3. The number of carbonyl (C=O) groups excluding carboxylic acids is 1. The maximum atomic E-state index is 12.7. The summed E-state index contributed by atoms with van der Waals surface area (Å²) in [7, 11) is 1.62. The molecule has 1 aromatic rings. The van der Waals surface area contributed by atoms with Crippen molar-refractivity contribution in [2.75, 3.05) is 13.1 Å². The predicted octanol–water partition coefficient (Wildman–Crippen LogP) is 3.25. The number of rotatable bonds is 6. The molecule has 0 saturated heterocycles. The highest BCUT2D eigenvalue weighted by Crippen LogP contribution is 2.35. The Bertz CT molecular complexity index is 646. The fourth-order valence-corrected chi connectivity index (χ4v) is 5.06. The molecule has 0 unspecified atom stereocenters. The molecule has 0 spiro atoms. The van der Waals surface area contributed by atoms with E-state index in [1.165, 1.54) is 43.1 Å². The highest BCUT2D eigenvalue weighted by atomic mass is 35.7. The summed E-state index contributed by atoms with van der Waals surface area (Å²) in [4.78, 5) is 15.7. The Morgan fingerprint density at radius 1 is 1.29 bits per heavy atom. The van der Waals surface area contributed by atoms with E-state index in [1.807, 2.05) is 4.90 Å². The summed E-state index contributed by atoms with van der Waals surface area (Å²) in [6, 6.07) is 1.43. The van der Waals surface area contributed by atoms with Crippen molar-refractivity contribution >= 4 is 37.0 Å². The summed E-state index contributed by atoms with van der Waals surface area (Å²) < 4.78 is 23.0. The van der Waals surface area contributed by atoms with E-state index in [4.69, 9.17) is 10.7 Å². The molecule has 2 aliphatic rings. The third kappa shape index (κ3) is 3.79. The van der Waals surface area contributed by atoms with Gasteiger partial charge in [-0.05, 0) is 50.5 Å². The molecule has 4 nitrogen and oxygen atoms in total. The van der Waals surface area contributed by atoms with E-state index in [0.717, 1.165) is 13.1 Å². The van der Waals surface area contributed by atoms with E-state index in [2.05, 4.69) is 0 Å². The lowest BCUT2D eigenvalue weighted by molar-refractivity contribution is 0.0744. The van der Waals surface area contributed by atoms with Crippen LogP contribution in [-0.4, -0.2) is 32.3 Å². The zero-order chi connectivity index (χ0) is 15.2. The second-order valence-corrected chi connectivity index (χ2v) is 9.86. The molecule has 0 atom stereocenters. The molecule has 116 valence electrons. The third-order valence-electron chi connectivity index (χ3n) is 3.98. The number of amides is 1. The molecule has 0 aromatic carbocycles. The summed E-state index contributed by atoms with van der Waals surface area (Å²) >= 11 is 1.22. The number of aryl methyl sites for hydroxylation is 1. The van der Waals surface area contributed by atoms with Gasteiger partial charge >= 0.3 is 0 Å². The monoisotopic (exact) mass is 347 g/mol. The summed E-state index contributed by atoms with van der Waals surface area (Å²) in [6.07, 6.45) is 4.77. The molecule has 0 bridgehead atoms. The van der Waals surface area contributed by atoms with Gasteiger partial charge in [0, 0.05) is 28.6 Å². The van der Waals surface area contributed by atoms with Gasteiger partial charge in [-0.15, -0.1) is 11.3 Å². The molecule has 7 heteroatoms.